The topological polar surface area (TPSA) is 76.7 Å². The lowest BCUT2D eigenvalue weighted by Crippen LogP contribution is -2.21. The van der Waals surface area contributed by atoms with E-state index in [1.165, 1.54) is 30.8 Å². The Morgan fingerprint density at radius 3 is 3.21 bits per heavy atom. The molecular formula is C12H17N5OS. The van der Waals surface area contributed by atoms with Crippen LogP contribution in [0.1, 0.15) is 50.2 Å². The van der Waals surface area contributed by atoms with E-state index in [1.54, 1.807) is 0 Å². The molecular weight excluding hydrogens is 262 g/mol. The van der Waals surface area contributed by atoms with Gasteiger partial charge in [-0.1, -0.05) is 29.4 Å². The van der Waals surface area contributed by atoms with E-state index in [2.05, 4.69) is 25.0 Å². The van der Waals surface area contributed by atoms with Crippen molar-refractivity contribution in [1.82, 2.24) is 25.0 Å². The fourth-order valence-electron chi connectivity index (χ4n) is 2.32. The molecule has 1 aliphatic rings. The van der Waals surface area contributed by atoms with Gasteiger partial charge in [-0.15, -0.1) is 5.10 Å². The van der Waals surface area contributed by atoms with Gasteiger partial charge in [-0.25, -0.2) is 0 Å². The summed E-state index contributed by atoms with van der Waals surface area (Å²) >= 11 is 1.31. The highest BCUT2D eigenvalue weighted by Gasteiger charge is 2.22. The van der Waals surface area contributed by atoms with Crippen molar-refractivity contribution >= 4 is 11.5 Å². The molecule has 2 aromatic heterocycles. The molecule has 6 nitrogen and oxygen atoms in total. The van der Waals surface area contributed by atoms with Crippen LogP contribution in [0.4, 0.5) is 0 Å². The molecule has 3 rings (SSSR count). The van der Waals surface area contributed by atoms with Crippen molar-refractivity contribution in [2.24, 2.45) is 0 Å². The van der Waals surface area contributed by atoms with Crippen molar-refractivity contribution < 1.29 is 4.52 Å². The van der Waals surface area contributed by atoms with E-state index in [4.69, 9.17) is 4.52 Å². The molecule has 1 unspecified atom stereocenters. The van der Waals surface area contributed by atoms with Gasteiger partial charge >= 0.3 is 0 Å². The predicted octanol–water partition coefficient (Wildman–Crippen LogP) is 2.36. The number of rotatable bonds is 3. The van der Waals surface area contributed by atoms with Crippen molar-refractivity contribution in [1.29, 1.82) is 0 Å². The summed E-state index contributed by atoms with van der Waals surface area (Å²) in [5.41, 5.74) is 0.925. The normalized spacial score (nSPS) is 20.4. The van der Waals surface area contributed by atoms with E-state index in [-0.39, 0.29) is 6.04 Å². The molecule has 1 saturated heterocycles. The summed E-state index contributed by atoms with van der Waals surface area (Å²) in [6.07, 6.45) is 5.60. The number of hydrogen-bond donors (Lipinski definition) is 1. The van der Waals surface area contributed by atoms with Crippen molar-refractivity contribution in [2.75, 3.05) is 6.54 Å². The molecule has 0 radical (unpaired) electrons. The fraction of sp³-hybridized carbons (Fsp3) is 0.667. The summed E-state index contributed by atoms with van der Waals surface area (Å²) in [6, 6.07) is 0.214. The first-order valence-corrected chi connectivity index (χ1v) is 7.54. The lowest BCUT2D eigenvalue weighted by molar-refractivity contribution is 0.402. The Morgan fingerprint density at radius 1 is 1.37 bits per heavy atom. The van der Waals surface area contributed by atoms with Crippen LogP contribution < -0.4 is 5.32 Å². The van der Waals surface area contributed by atoms with Crippen molar-refractivity contribution in [3.8, 4) is 10.8 Å². The van der Waals surface area contributed by atoms with Gasteiger partial charge < -0.3 is 9.84 Å². The molecule has 0 saturated carbocycles. The molecule has 0 spiro atoms. The van der Waals surface area contributed by atoms with Crippen LogP contribution in [0.15, 0.2) is 4.52 Å². The first-order chi connectivity index (χ1) is 9.38. The third-order valence-corrected chi connectivity index (χ3v) is 4.15. The minimum atomic E-state index is 0.214. The second-order valence-electron chi connectivity index (χ2n) is 4.72. The van der Waals surface area contributed by atoms with E-state index < -0.39 is 0 Å². The lowest BCUT2D eigenvalue weighted by atomic mass is 10.1. The van der Waals surface area contributed by atoms with Crippen LogP contribution >= 0.6 is 11.5 Å². The van der Waals surface area contributed by atoms with Crippen LogP contribution in [0, 0.1) is 0 Å². The van der Waals surface area contributed by atoms with E-state index in [9.17, 15) is 0 Å². The van der Waals surface area contributed by atoms with Crippen molar-refractivity contribution in [3.63, 3.8) is 0 Å². The average molecular weight is 279 g/mol. The van der Waals surface area contributed by atoms with Gasteiger partial charge in [-0.05, 0) is 37.3 Å². The molecule has 1 aliphatic heterocycles. The molecule has 19 heavy (non-hydrogen) atoms. The zero-order chi connectivity index (χ0) is 13.1. The molecule has 1 atom stereocenters. The molecule has 3 heterocycles. The smallest absolute Gasteiger partial charge is 0.271 e. The Balaban J connectivity index is 1.82. The van der Waals surface area contributed by atoms with Gasteiger partial charge in [0.1, 0.15) is 4.88 Å². The summed E-state index contributed by atoms with van der Waals surface area (Å²) in [4.78, 5) is 5.41. The number of nitrogens with zero attached hydrogens (tertiary/aromatic N) is 4. The Kier molecular flexibility index (Phi) is 3.84. The van der Waals surface area contributed by atoms with Crippen LogP contribution in [-0.4, -0.2) is 26.3 Å². The SMILES string of the molecule is CCc1nnsc1-c1nc(C2CCCCCN2)no1. The number of aryl methyl sites for hydroxylation is 1. The standard InChI is InChI=1S/C12H17N5OS/c1-2-8-10(19-17-15-8)12-14-11(16-18-12)9-6-4-3-5-7-13-9/h9,13H,2-7H2,1H3. The lowest BCUT2D eigenvalue weighted by Gasteiger charge is -2.09. The Bertz CT molecular complexity index is 530. The maximum atomic E-state index is 5.37. The Hall–Kier alpha value is -1.34. The molecule has 7 heteroatoms. The first kappa shape index (κ1) is 12.7. The second-order valence-corrected chi connectivity index (χ2v) is 5.47. The molecule has 2 aromatic rings. The Labute approximate surface area is 115 Å². The molecule has 102 valence electrons. The summed E-state index contributed by atoms with van der Waals surface area (Å²) in [6.45, 7) is 3.07. The number of hydrogen-bond acceptors (Lipinski definition) is 7. The largest absolute Gasteiger partial charge is 0.333 e. The molecule has 0 bridgehead atoms. The monoisotopic (exact) mass is 279 g/mol. The quantitative estimate of drug-likeness (QED) is 0.929. The van der Waals surface area contributed by atoms with Crippen LogP contribution in [-0.2, 0) is 6.42 Å². The molecule has 1 N–H and O–H groups in total. The summed E-state index contributed by atoms with van der Waals surface area (Å²) in [5, 5.41) is 11.7. The van der Waals surface area contributed by atoms with E-state index in [0.717, 1.165) is 35.8 Å². The van der Waals surface area contributed by atoms with Gasteiger partial charge in [-0.3, -0.25) is 0 Å². The van der Waals surface area contributed by atoms with Crippen LogP contribution in [0.5, 0.6) is 0 Å². The maximum Gasteiger partial charge on any atom is 0.271 e. The highest BCUT2D eigenvalue weighted by Crippen LogP contribution is 2.27. The summed E-state index contributed by atoms with van der Waals surface area (Å²) in [5.74, 6) is 1.31. The zero-order valence-corrected chi connectivity index (χ0v) is 11.7. The van der Waals surface area contributed by atoms with Crippen LogP contribution in [0.2, 0.25) is 0 Å². The molecule has 0 aromatic carbocycles. The van der Waals surface area contributed by atoms with Gasteiger partial charge in [0.05, 0.1) is 11.7 Å². The van der Waals surface area contributed by atoms with Crippen molar-refractivity contribution in [2.45, 2.75) is 45.1 Å². The third kappa shape index (κ3) is 2.66. The van der Waals surface area contributed by atoms with Crippen molar-refractivity contribution in [3.05, 3.63) is 11.5 Å². The maximum absolute atomic E-state index is 5.37. The fourth-order valence-corrected chi connectivity index (χ4v) is 2.99. The van der Waals surface area contributed by atoms with Crippen LogP contribution in [0.3, 0.4) is 0 Å². The zero-order valence-electron chi connectivity index (χ0n) is 10.9. The van der Waals surface area contributed by atoms with E-state index in [1.807, 2.05) is 6.92 Å². The first-order valence-electron chi connectivity index (χ1n) is 6.77. The third-order valence-electron chi connectivity index (χ3n) is 3.40. The minimum absolute atomic E-state index is 0.214. The Morgan fingerprint density at radius 2 is 2.32 bits per heavy atom. The summed E-state index contributed by atoms with van der Waals surface area (Å²) in [7, 11) is 0. The number of nitrogens with one attached hydrogen (secondary N) is 1. The van der Waals surface area contributed by atoms with Gasteiger partial charge in [0.15, 0.2) is 5.82 Å². The van der Waals surface area contributed by atoms with Gasteiger partial charge in [0.25, 0.3) is 5.89 Å². The van der Waals surface area contributed by atoms with Gasteiger partial charge in [0, 0.05) is 0 Å². The minimum Gasteiger partial charge on any atom is -0.333 e. The molecule has 0 amide bonds. The van der Waals surface area contributed by atoms with Gasteiger partial charge in [-0.2, -0.15) is 4.98 Å². The van der Waals surface area contributed by atoms with Crippen LogP contribution in [0.25, 0.3) is 10.8 Å². The average Bonchev–Trinajstić information content (AvgIpc) is 3.01. The highest BCUT2D eigenvalue weighted by molar-refractivity contribution is 7.09. The molecule has 0 aliphatic carbocycles. The summed E-state index contributed by atoms with van der Waals surface area (Å²) < 4.78 is 9.33. The van der Waals surface area contributed by atoms with E-state index in [0.29, 0.717) is 5.89 Å². The second kappa shape index (κ2) is 5.75. The van der Waals surface area contributed by atoms with E-state index >= 15 is 0 Å². The predicted molar refractivity (Wildman–Crippen MR) is 71.8 cm³/mol. The number of aromatic nitrogens is 4. The highest BCUT2D eigenvalue weighted by atomic mass is 32.1. The van der Waals surface area contributed by atoms with Gasteiger partial charge in [0.2, 0.25) is 0 Å². The molecule has 1 fully saturated rings.